The van der Waals surface area contributed by atoms with Crippen LogP contribution < -0.4 is 4.90 Å². The molecule has 0 unspecified atom stereocenters. The Labute approximate surface area is 142 Å². The Morgan fingerprint density at radius 1 is 1.29 bits per heavy atom. The van der Waals surface area contributed by atoms with Gasteiger partial charge in [0.15, 0.2) is 5.69 Å². The quantitative estimate of drug-likeness (QED) is 0.782. The number of aryl methyl sites for hydroxylation is 1. The van der Waals surface area contributed by atoms with Crippen LogP contribution in [0.3, 0.4) is 0 Å². The number of aromatic nitrogens is 4. The topological polar surface area (TPSA) is 97.5 Å². The Balaban J connectivity index is 1.50. The molecule has 2 saturated heterocycles. The fraction of sp³-hybridized carbons (Fsp3) is 0.643. The van der Waals surface area contributed by atoms with E-state index in [0.717, 1.165) is 19.4 Å². The van der Waals surface area contributed by atoms with E-state index in [4.69, 9.17) is 9.15 Å². The zero-order chi connectivity index (χ0) is 16.6. The monoisotopic (exact) mass is 350 g/mol. The maximum Gasteiger partial charge on any atom is 0.318 e. The fourth-order valence-electron chi connectivity index (χ4n) is 3.36. The van der Waals surface area contributed by atoms with Crippen LogP contribution in [0.5, 0.6) is 0 Å². The van der Waals surface area contributed by atoms with Crippen molar-refractivity contribution in [2.45, 2.75) is 25.4 Å². The van der Waals surface area contributed by atoms with Crippen LogP contribution in [0.1, 0.15) is 29.2 Å². The third-order valence-corrected chi connectivity index (χ3v) is 4.94. The van der Waals surface area contributed by atoms with E-state index in [-0.39, 0.29) is 5.91 Å². The Bertz CT molecular complexity index is 716. The lowest BCUT2D eigenvalue weighted by molar-refractivity contribution is -0.105. The predicted molar refractivity (Wildman–Crippen MR) is 85.0 cm³/mol. The molecule has 24 heavy (non-hydrogen) atoms. The van der Waals surface area contributed by atoms with Gasteiger partial charge in [-0.05, 0) is 24.4 Å². The molecule has 1 amide bonds. The number of carbonyl (C=O) groups is 1. The zero-order valence-electron chi connectivity index (χ0n) is 13.3. The van der Waals surface area contributed by atoms with Crippen molar-refractivity contribution in [3.8, 4) is 0 Å². The summed E-state index contributed by atoms with van der Waals surface area (Å²) >= 11 is 1.18. The number of hydrogen-bond donors (Lipinski definition) is 0. The molecule has 4 rings (SSSR count). The van der Waals surface area contributed by atoms with Crippen molar-refractivity contribution in [2.24, 2.45) is 0 Å². The highest BCUT2D eigenvalue weighted by Crippen LogP contribution is 2.31. The van der Waals surface area contributed by atoms with Gasteiger partial charge in [0.25, 0.3) is 5.91 Å². The van der Waals surface area contributed by atoms with Crippen LogP contribution in [0.4, 0.5) is 6.01 Å². The molecule has 10 heteroatoms. The van der Waals surface area contributed by atoms with Crippen LogP contribution in [0.2, 0.25) is 0 Å². The number of piperidine rings is 1. The average Bonchev–Trinajstić information content (AvgIpc) is 3.26. The molecule has 0 saturated carbocycles. The Kier molecular flexibility index (Phi) is 3.93. The lowest BCUT2D eigenvalue weighted by atomic mass is 9.91. The van der Waals surface area contributed by atoms with E-state index in [1.54, 1.807) is 12.3 Å². The second-order valence-electron chi connectivity index (χ2n) is 6.18. The molecule has 0 aromatic carbocycles. The normalized spacial score (nSPS) is 24.5. The number of ether oxygens (including phenoxy) is 1. The summed E-state index contributed by atoms with van der Waals surface area (Å²) in [5, 5.41) is 13.6. The summed E-state index contributed by atoms with van der Waals surface area (Å²) in [6, 6.07) is 0.516. The van der Waals surface area contributed by atoms with Crippen LogP contribution in [-0.4, -0.2) is 69.0 Å². The minimum Gasteiger partial charge on any atom is -0.408 e. The van der Waals surface area contributed by atoms with Crippen LogP contribution in [0.25, 0.3) is 0 Å². The number of morpholine rings is 1. The van der Waals surface area contributed by atoms with Gasteiger partial charge in [-0.25, -0.2) is 0 Å². The zero-order valence-corrected chi connectivity index (χ0v) is 14.2. The number of amides is 1. The van der Waals surface area contributed by atoms with Gasteiger partial charge in [0.2, 0.25) is 5.89 Å². The van der Waals surface area contributed by atoms with Gasteiger partial charge in [-0.2, -0.15) is 0 Å². The molecule has 2 aromatic rings. The molecule has 1 atom stereocenters. The first-order chi connectivity index (χ1) is 11.7. The summed E-state index contributed by atoms with van der Waals surface area (Å²) in [5.41, 5.74) is -0.00455. The van der Waals surface area contributed by atoms with Crippen molar-refractivity contribution in [2.75, 3.05) is 37.7 Å². The molecular formula is C14H18N6O3S. The van der Waals surface area contributed by atoms with E-state index in [9.17, 15) is 4.79 Å². The van der Waals surface area contributed by atoms with Crippen LogP contribution in [0.15, 0.2) is 9.80 Å². The van der Waals surface area contributed by atoms with E-state index >= 15 is 0 Å². The van der Waals surface area contributed by atoms with Crippen molar-refractivity contribution in [3.63, 3.8) is 0 Å². The SMILES string of the molecule is Cc1nnc(N2CCC[C@]3(CN(C(=O)c4csnn4)CCO3)C2)o1. The summed E-state index contributed by atoms with van der Waals surface area (Å²) in [5.74, 6) is 0.458. The molecule has 2 aliphatic heterocycles. The minimum absolute atomic E-state index is 0.0859. The number of anilines is 1. The molecule has 2 fully saturated rings. The largest absolute Gasteiger partial charge is 0.408 e. The van der Waals surface area contributed by atoms with E-state index in [2.05, 4.69) is 19.8 Å². The summed E-state index contributed by atoms with van der Waals surface area (Å²) in [7, 11) is 0. The lowest BCUT2D eigenvalue weighted by Crippen LogP contribution is -2.61. The summed E-state index contributed by atoms with van der Waals surface area (Å²) < 4.78 is 15.4. The number of nitrogens with zero attached hydrogens (tertiary/aromatic N) is 6. The van der Waals surface area contributed by atoms with E-state index < -0.39 is 5.60 Å². The average molecular weight is 350 g/mol. The second kappa shape index (κ2) is 6.10. The standard InChI is InChI=1S/C14H18N6O3S/c1-10-15-17-13(23-10)20-4-2-3-14(9-20)8-19(5-6-22-14)12(21)11-7-24-18-16-11/h7H,2-6,8-9H2,1H3/t14-/m0/s1. The first-order valence-electron chi connectivity index (χ1n) is 7.91. The first-order valence-corrected chi connectivity index (χ1v) is 8.74. The van der Waals surface area contributed by atoms with E-state index in [0.29, 0.717) is 43.8 Å². The number of carbonyl (C=O) groups excluding carboxylic acids is 1. The minimum atomic E-state index is -0.405. The van der Waals surface area contributed by atoms with E-state index in [1.807, 2.05) is 9.80 Å². The summed E-state index contributed by atoms with van der Waals surface area (Å²) in [6.45, 7) is 4.87. The van der Waals surface area contributed by atoms with Gasteiger partial charge in [-0.3, -0.25) is 4.79 Å². The van der Waals surface area contributed by atoms with Crippen LogP contribution >= 0.6 is 11.5 Å². The van der Waals surface area contributed by atoms with E-state index in [1.165, 1.54) is 11.5 Å². The Morgan fingerprint density at radius 3 is 2.96 bits per heavy atom. The molecular weight excluding hydrogens is 332 g/mol. The highest BCUT2D eigenvalue weighted by atomic mass is 32.1. The molecule has 0 radical (unpaired) electrons. The van der Waals surface area contributed by atoms with Crippen molar-refractivity contribution in [1.29, 1.82) is 0 Å². The molecule has 4 heterocycles. The molecule has 0 bridgehead atoms. The van der Waals surface area contributed by atoms with Crippen molar-refractivity contribution in [3.05, 3.63) is 17.0 Å². The maximum absolute atomic E-state index is 12.6. The molecule has 9 nitrogen and oxygen atoms in total. The summed E-state index contributed by atoms with van der Waals surface area (Å²) in [6.07, 6.45) is 1.84. The smallest absolute Gasteiger partial charge is 0.318 e. The van der Waals surface area contributed by atoms with Crippen molar-refractivity contribution in [1.82, 2.24) is 24.7 Å². The highest BCUT2D eigenvalue weighted by molar-refractivity contribution is 7.03. The molecule has 128 valence electrons. The van der Waals surface area contributed by atoms with Gasteiger partial charge in [0, 0.05) is 25.4 Å². The van der Waals surface area contributed by atoms with Gasteiger partial charge in [0.05, 0.1) is 19.7 Å². The molecule has 2 aromatic heterocycles. The molecule has 0 aliphatic carbocycles. The molecule has 0 N–H and O–H groups in total. The lowest BCUT2D eigenvalue weighted by Gasteiger charge is -2.47. The van der Waals surface area contributed by atoms with Gasteiger partial charge in [-0.15, -0.1) is 10.2 Å². The van der Waals surface area contributed by atoms with Crippen molar-refractivity contribution >= 4 is 23.5 Å². The van der Waals surface area contributed by atoms with Crippen LogP contribution in [0, 0.1) is 6.92 Å². The molecule has 1 spiro atoms. The number of rotatable bonds is 2. The van der Waals surface area contributed by atoms with Crippen molar-refractivity contribution < 1.29 is 13.9 Å². The third-order valence-electron chi connectivity index (χ3n) is 4.44. The van der Waals surface area contributed by atoms with Crippen LogP contribution in [-0.2, 0) is 4.74 Å². The van der Waals surface area contributed by atoms with Gasteiger partial charge < -0.3 is 19.0 Å². The third kappa shape index (κ3) is 2.86. The highest BCUT2D eigenvalue weighted by Gasteiger charge is 2.43. The maximum atomic E-state index is 12.6. The molecule has 2 aliphatic rings. The Hall–Kier alpha value is -2.07. The number of hydrogen-bond acceptors (Lipinski definition) is 9. The summed E-state index contributed by atoms with van der Waals surface area (Å²) in [4.78, 5) is 16.4. The second-order valence-corrected chi connectivity index (χ2v) is 6.79. The first kappa shape index (κ1) is 15.5. The van der Waals surface area contributed by atoms with Gasteiger partial charge >= 0.3 is 6.01 Å². The van der Waals surface area contributed by atoms with Gasteiger partial charge in [0.1, 0.15) is 5.60 Å². The van der Waals surface area contributed by atoms with Gasteiger partial charge in [-0.1, -0.05) is 9.59 Å². The predicted octanol–water partition coefficient (Wildman–Crippen LogP) is 0.741. The Morgan fingerprint density at radius 2 is 2.21 bits per heavy atom. The fourth-order valence-corrected chi connectivity index (χ4v) is 3.79.